The standard InChI is InChI=1S/C20H18Br2O3/c1-20(2,3)14-6-4-5-12(19(23)24)16(14)18-17(22)13-9-11(10-21)7-8-15(13)25-18/h4-9H,10H2,1-3H3,(H,23,24). The molecule has 0 unspecified atom stereocenters. The van der Waals surface area contributed by atoms with E-state index in [4.69, 9.17) is 4.42 Å². The number of rotatable bonds is 3. The predicted molar refractivity (Wildman–Crippen MR) is 108 cm³/mol. The molecule has 0 fully saturated rings. The van der Waals surface area contributed by atoms with Crippen molar-refractivity contribution in [1.82, 2.24) is 0 Å². The fourth-order valence-electron chi connectivity index (χ4n) is 2.96. The third-order valence-electron chi connectivity index (χ3n) is 4.18. The topological polar surface area (TPSA) is 50.4 Å². The number of carbonyl (C=O) groups is 1. The van der Waals surface area contributed by atoms with Gasteiger partial charge in [0.25, 0.3) is 0 Å². The molecular weight excluding hydrogens is 448 g/mol. The summed E-state index contributed by atoms with van der Waals surface area (Å²) in [6.07, 6.45) is 0. The maximum atomic E-state index is 11.8. The van der Waals surface area contributed by atoms with Crippen molar-refractivity contribution in [3.8, 4) is 11.3 Å². The molecule has 0 aliphatic heterocycles. The van der Waals surface area contributed by atoms with Crippen LogP contribution >= 0.6 is 31.9 Å². The van der Waals surface area contributed by atoms with E-state index >= 15 is 0 Å². The summed E-state index contributed by atoms with van der Waals surface area (Å²) in [5.74, 6) is -0.403. The van der Waals surface area contributed by atoms with Crippen LogP contribution in [0.25, 0.3) is 22.3 Å². The number of aromatic carboxylic acids is 1. The van der Waals surface area contributed by atoms with Gasteiger partial charge in [-0.2, -0.15) is 0 Å². The molecule has 2 aromatic carbocycles. The first-order valence-electron chi connectivity index (χ1n) is 7.88. The summed E-state index contributed by atoms with van der Waals surface area (Å²) in [4.78, 5) is 11.8. The van der Waals surface area contributed by atoms with E-state index in [9.17, 15) is 9.90 Å². The second kappa shape index (κ2) is 6.61. The molecule has 0 spiro atoms. The normalized spacial score (nSPS) is 11.9. The van der Waals surface area contributed by atoms with E-state index in [0.717, 1.165) is 31.9 Å². The van der Waals surface area contributed by atoms with Crippen molar-refractivity contribution in [2.24, 2.45) is 0 Å². The maximum absolute atomic E-state index is 11.8. The van der Waals surface area contributed by atoms with Crippen molar-refractivity contribution in [2.75, 3.05) is 0 Å². The third kappa shape index (κ3) is 3.27. The number of furan rings is 1. The number of alkyl halides is 1. The van der Waals surface area contributed by atoms with E-state index in [1.165, 1.54) is 0 Å². The summed E-state index contributed by atoms with van der Waals surface area (Å²) in [5.41, 5.74) is 3.45. The fourth-order valence-corrected chi connectivity index (χ4v) is 3.90. The van der Waals surface area contributed by atoms with Gasteiger partial charge in [-0.3, -0.25) is 0 Å². The summed E-state index contributed by atoms with van der Waals surface area (Å²) < 4.78 is 6.87. The second-order valence-electron chi connectivity index (χ2n) is 6.99. The van der Waals surface area contributed by atoms with Gasteiger partial charge in [-0.05, 0) is 50.7 Å². The highest BCUT2D eigenvalue weighted by molar-refractivity contribution is 9.10. The van der Waals surface area contributed by atoms with Crippen LogP contribution in [-0.4, -0.2) is 11.1 Å². The van der Waals surface area contributed by atoms with E-state index < -0.39 is 5.97 Å². The monoisotopic (exact) mass is 464 g/mol. The summed E-state index contributed by atoms with van der Waals surface area (Å²) in [5, 5.41) is 11.4. The molecule has 130 valence electrons. The number of benzene rings is 2. The number of halogens is 2. The van der Waals surface area contributed by atoms with Crippen molar-refractivity contribution in [1.29, 1.82) is 0 Å². The highest BCUT2D eigenvalue weighted by Gasteiger charge is 2.27. The molecule has 1 heterocycles. The van der Waals surface area contributed by atoms with Gasteiger partial charge in [-0.25, -0.2) is 4.79 Å². The van der Waals surface area contributed by atoms with E-state index in [1.807, 2.05) is 24.3 Å². The summed E-state index contributed by atoms with van der Waals surface area (Å²) in [7, 11) is 0. The minimum absolute atomic E-state index is 0.222. The molecule has 0 saturated heterocycles. The van der Waals surface area contributed by atoms with Crippen LogP contribution < -0.4 is 0 Å². The highest BCUT2D eigenvalue weighted by atomic mass is 79.9. The smallest absolute Gasteiger partial charge is 0.336 e. The van der Waals surface area contributed by atoms with Crippen molar-refractivity contribution in [2.45, 2.75) is 31.5 Å². The lowest BCUT2D eigenvalue weighted by atomic mass is 9.81. The van der Waals surface area contributed by atoms with E-state index in [2.05, 4.69) is 52.6 Å². The Labute approximate surface area is 163 Å². The van der Waals surface area contributed by atoms with Crippen LogP contribution in [0.5, 0.6) is 0 Å². The van der Waals surface area contributed by atoms with E-state index in [0.29, 0.717) is 11.3 Å². The quantitative estimate of drug-likeness (QED) is 0.435. The third-order valence-corrected chi connectivity index (χ3v) is 5.61. The number of hydrogen-bond donors (Lipinski definition) is 1. The maximum Gasteiger partial charge on any atom is 0.336 e. The molecule has 0 atom stereocenters. The number of carboxylic acids is 1. The summed E-state index contributed by atoms with van der Waals surface area (Å²) >= 11 is 7.10. The second-order valence-corrected chi connectivity index (χ2v) is 8.35. The van der Waals surface area contributed by atoms with Crippen molar-refractivity contribution in [3.63, 3.8) is 0 Å². The van der Waals surface area contributed by atoms with Gasteiger partial charge < -0.3 is 9.52 Å². The zero-order chi connectivity index (χ0) is 18.4. The van der Waals surface area contributed by atoms with Gasteiger partial charge in [0.15, 0.2) is 5.76 Å². The lowest BCUT2D eigenvalue weighted by molar-refractivity contribution is 0.0697. The van der Waals surface area contributed by atoms with Crippen LogP contribution in [0.3, 0.4) is 0 Å². The number of hydrogen-bond acceptors (Lipinski definition) is 2. The Hall–Kier alpha value is -1.59. The minimum atomic E-state index is -0.963. The first-order valence-corrected chi connectivity index (χ1v) is 9.79. The zero-order valence-corrected chi connectivity index (χ0v) is 17.4. The lowest BCUT2D eigenvalue weighted by Gasteiger charge is -2.23. The molecule has 0 aliphatic carbocycles. The van der Waals surface area contributed by atoms with Crippen LogP contribution in [0.4, 0.5) is 0 Å². The molecule has 3 aromatic rings. The predicted octanol–water partition coefficient (Wildman–Crippen LogP) is 6.75. The Morgan fingerprint density at radius 1 is 1.20 bits per heavy atom. The molecule has 3 rings (SSSR count). The Morgan fingerprint density at radius 3 is 2.52 bits per heavy atom. The molecule has 25 heavy (non-hydrogen) atoms. The fraction of sp³-hybridized carbons (Fsp3) is 0.250. The van der Waals surface area contributed by atoms with E-state index in [1.54, 1.807) is 12.1 Å². The van der Waals surface area contributed by atoms with Crippen LogP contribution in [-0.2, 0) is 10.7 Å². The van der Waals surface area contributed by atoms with Crippen LogP contribution in [0.2, 0.25) is 0 Å². The molecule has 0 amide bonds. The highest BCUT2D eigenvalue weighted by Crippen LogP contribution is 2.43. The Kier molecular flexibility index (Phi) is 4.82. The molecule has 3 nitrogen and oxygen atoms in total. The van der Waals surface area contributed by atoms with Gasteiger partial charge in [0, 0.05) is 16.3 Å². The molecule has 1 N–H and O–H groups in total. The average molecular weight is 466 g/mol. The van der Waals surface area contributed by atoms with Gasteiger partial charge in [-0.1, -0.05) is 54.9 Å². The molecule has 5 heteroatoms. The van der Waals surface area contributed by atoms with Crippen LogP contribution in [0, 0.1) is 0 Å². The molecule has 0 aliphatic rings. The van der Waals surface area contributed by atoms with Gasteiger partial charge in [0.05, 0.1) is 10.0 Å². The largest absolute Gasteiger partial charge is 0.478 e. The number of fused-ring (bicyclic) bond motifs is 1. The zero-order valence-electron chi connectivity index (χ0n) is 14.2. The van der Waals surface area contributed by atoms with Crippen molar-refractivity contribution < 1.29 is 14.3 Å². The first-order chi connectivity index (χ1) is 11.7. The Morgan fingerprint density at radius 2 is 1.92 bits per heavy atom. The molecule has 1 aromatic heterocycles. The Bertz CT molecular complexity index is 965. The molecular formula is C20H18Br2O3. The molecule has 0 radical (unpaired) electrons. The summed E-state index contributed by atoms with van der Waals surface area (Å²) in [6.45, 7) is 6.20. The Balaban J connectivity index is 2.38. The first kappa shape index (κ1) is 18.2. The van der Waals surface area contributed by atoms with Gasteiger partial charge in [0.1, 0.15) is 5.58 Å². The van der Waals surface area contributed by atoms with E-state index in [-0.39, 0.29) is 11.0 Å². The van der Waals surface area contributed by atoms with Gasteiger partial charge in [-0.15, -0.1) is 0 Å². The number of carboxylic acid groups (broad SMARTS) is 1. The molecule has 0 saturated carbocycles. The SMILES string of the molecule is CC(C)(C)c1cccc(C(=O)O)c1-c1oc2ccc(CBr)cc2c1Br. The lowest BCUT2D eigenvalue weighted by Crippen LogP contribution is -2.15. The molecule has 0 bridgehead atoms. The van der Waals surface area contributed by atoms with Crippen LogP contribution in [0.15, 0.2) is 45.3 Å². The van der Waals surface area contributed by atoms with Gasteiger partial charge in [0.2, 0.25) is 0 Å². The summed E-state index contributed by atoms with van der Waals surface area (Å²) in [6, 6.07) is 11.3. The van der Waals surface area contributed by atoms with Crippen molar-refractivity contribution >= 4 is 48.8 Å². The average Bonchev–Trinajstić information content (AvgIpc) is 2.89. The van der Waals surface area contributed by atoms with Crippen molar-refractivity contribution in [3.05, 3.63) is 57.6 Å². The van der Waals surface area contributed by atoms with Gasteiger partial charge >= 0.3 is 5.97 Å². The minimum Gasteiger partial charge on any atom is -0.478 e. The van der Waals surface area contributed by atoms with Crippen LogP contribution in [0.1, 0.15) is 42.3 Å².